The maximum absolute atomic E-state index is 11.5. The zero-order valence-corrected chi connectivity index (χ0v) is 14.5. The van der Waals surface area contributed by atoms with E-state index in [4.69, 9.17) is 9.84 Å². The minimum Gasteiger partial charge on any atom is -0.490 e. The van der Waals surface area contributed by atoms with E-state index in [0.29, 0.717) is 17.5 Å². The normalized spacial score (nSPS) is 12.0. The Balaban J connectivity index is 0.00000109. The van der Waals surface area contributed by atoms with Crippen LogP contribution in [-0.2, 0) is 12.8 Å². The van der Waals surface area contributed by atoms with Gasteiger partial charge in [-0.1, -0.05) is 26.0 Å². The number of hydrogen-bond acceptors (Lipinski definition) is 4. The van der Waals surface area contributed by atoms with E-state index in [1.807, 2.05) is 19.9 Å². The van der Waals surface area contributed by atoms with Crippen molar-refractivity contribution in [2.24, 2.45) is 0 Å². The first kappa shape index (κ1) is 18.4. The second-order valence-electron chi connectivity index (χ2n) is 5.44. The molecular weight excluding hydrogens is 322 g/mol. The van der Waals surface area contributed by atoms with E-state index >= 15 is 0 Å². The van der Waals surface area contributed by atoms with Crippen molar-refractivity contribution in [3.05, 3.63) is 57.1 Å². The van der Waals surface area contributed by atoms with Crippen LogP contribution in [0.1, 0.15) is 41.8 Å². The lowest BCUT2D eigenvalue weighted by Crippen LogP contribution is -2.01. The van der Waals surface area contributed by atoms with Crippen LogP contribution >= 0.6 is 0 Å². The van der Waals surface area contributed by atoms with Crippen molar-refractivity contribution in [3.63, 3.8) is 0 Å². The molecule has 0 fully saturated rings. The summed E-state index contributed by atoms with van der Waals surface area (Å²) in [6, 6.07) is 8.18. The van der Waals surface area contributed by atoms with Crippen LogP contribution in [0.25, 0.3) is 11.1 Å². The predicted molar refractivity (Wildman–Crippen MR) is 95.4 cm³/mol. The number of ether oxygens (including phenoxy) is 1. The molecule has 0 unspecified atom stereocenters. The van der Waals surface area contributed by atoms with Gasteiger partial charge in [0.05, 0.1) is 17.6 Å². The van der Waals surface area contributed by atoms with Crippen molar-refractivity contribution in [1.29, 1.82) is 0 Å². The average Bonchev–Trinajstić information content (AvgIpc) is 3.09. The highest BCUT2D eigenvalue weighted by molar-refractivity contribution is 5.89. The topological polar surface area (TPSA) is 89.7 Å². The zero-order valence-electron chi connectivity index (χ0n) is 14.5. The zero-order chi connectivity index (χ0) is 18.6. The fraction of sp³-hybridized carbons (Fsp3) is 0.316. The Hall–Kier alpha value is -2.89. The number of benzene rings is 2. The monoisotopic (exact) mass is 343 g/mol. The van der Waals surface area contributed by atoms with Gasteiger partial charge in [0.15, 0.2) is 0 Å². The van der Waals surface area contributed by atoms with Gasteiger partial charge in [-0.05, 0) is 48.6 Å². The van der Waals surface area contributed by atoms with E-state index in [2.05, 4.69) is 0 Å². The van der Waals surface area contributed by atoms with Gasteiger partial charge in [-0.3, -0.25) is 10.1 Å². The summed E-state index contributed by atoms with van der Waals surface area (Å²) in [6.07, 6.45) is 2.38. The molecule has 25 heavy (non-hydrogen) atoms. The fourth-order valence-corrected chi connectivity index (χ4v) is 3.11. The number of nitro benzene ring substituents is 1. The van der Waals surface area contributed by atoms with Crippen molar-refractivity contribution in [2.45, 2.75) is 33.1 Å². The summed E-state index contributed by atoms with van der Waals surface area (Å²) < 4.78 is 5.34. The average molecular weight is 343 g/mol. The molecule has 0 bridgehead atoms. The maximum atomic E-state index is 11.5. The maximum Gasteiger partial charge on any atom is 0.335 e. The van der Waals surface area contributed by atoms with Gasteiger partial charge in [0.1, 0.15) is 0 Å². The second kappa shape index (κ2) is 7.79. The number of carboxylic acids is 1. The lowest BCUT2D eigenvalue weighted by molar-refractivity contribution is -0.386. The highest BCUT2D eigenvalue weighted by Crippen LogP contribution is 2.45. The van der Waals surface area contributed by atoms with Crippen molar-refractivity contribution in [1.82, 2.24) is 0 Å². The molecule has 0 saturated heterocycles. The SMILES string of the molecule is CC.COc1c(-c2ccc(C(=O)O)cc2)cc2c(c1[N+](=O)[O-])CCC2. The molecule has 1 aliphatic carbocycles. The molecule has 6 heteroatoms. The van der Waals surface area contributed by atoms with Gasteiger partial charge in [0, 0.05) is 11.1 Å². The molecule has 0 aromatic heterocycles. The number of fused-ring (bicyclic) bond motifs is 1. The molecule has 3 rings (SSSR count). The number of methoxy groups -OCH3 is 1. The number of aryl methyl sites for hydroxylation is 1. The summed E-state index contributed by atoms with van der Waals surface area (Å²) >= 11 is 0. The number of carbonyl (C=O) groups is 1. The van der Waals surface area contributed by atoms with Gasteiger partial charge in [0.2, 0.25) is 5.75 Å². The van der Waals surface area contributed by atoms with Crippen LogP contribution in [0.3, 0.4) is 0 Å². The standard InChI is InChI=1S/C17H15NO5.C2H6/c1-23-16-14(10-5-7-11(8-6-10)17(19)20)9-12-3-2-4-13(12)15(16)18(21)22;1-2/h5-9H,2-4H2,1H3,(H,19,20);1-2H3. The molecule has 0 aliphatic heterocycles. The van der Waals surface area contributed by atoms with E-state index in [1.54, 1.807) is 12.1 Å². The fourth-order valence-electron chi connectivity index (χ4n) is 3.11. The second-order valence-corrected chi connectivity index (χ2v) is 5.44. The van der Waals surface area contributed by atoms with Gasteiger partial charge in [0.25, 0.3) is 0 Å². The van der Waals surface area contributed by atoms with Crippen LogP contribution in [0.2, 0.25) is 0 Å². The lowest BCUT2D eigenvalue weighted by Gasteiger charge is -2.13. The number of rotatable bonds is 4. The number of hydrogen-bond donors (Lipinski definition) is 1. The van der Waals surface area contributed by atoms with Gasteiger partial charge >= 0.3 is 11.7 Å². The number of carboxylic acid groups (broad SMARTS) is 1. The number of aromatic carboxylic acids is 1. The summed E-state index contributed by atoms with van der Waals surface area (Å²) in [5, 5.41) is 20.5. The van der Waals surface area contributed by atoms with E-state index in [-0.39, 0.29) is 17.0 Å². The third kappa shape index (κ3) is 3.47. The summed E-state index contributed by atoms with van der Waals surface area (Å²) in [5.41, 5.74) is 3.23. The molecule has 1 aliphatic rings. The first-order valence-electron chi connectivity index (χ1n) is 8.23. The molecule has 0 radical (unpaired) electrons. The Morgan fingerprint density at radius 3 is 2.36 bits per heavy atom. The van der Waals surface area contributed by atoms with Crippen LogP contribution in [0.15, 0.2) is 30.3 Å². The Bertz CT molecular complexity index is 796. The van der Waals surface area contributed by atoms with Gasteiger partial charge in [-0.25, -0.2) is 4.79 Å². The van der Waals surface area contributed by atoms with Crippen molar-refractivity contribution >= 4 is 11.7 Å². The van der Waals surface area contributed by atoms with Crippen LogP contribution in [-0.4, -0.2) is 23.1 Å². The minimum absolute atomic E-state index is 0.0276. The molecule has 1 N–H and O–H groups in total. The smallest absolute Gasteiger partial charge is 0.335 e. The van der Waals surface area contributed by atoms with Gasteiger partial charge in [-0.2, -0.15) is 0 Å². The summed E-state index contributed by atoms with van der Waals surface area (Å²) in [4.78, 5) is 22.1. The molecule has 0 saturated carbocycles. The molecule has 0 atom stereocenters. The quantitative estimate of drug-likeness (QED) is 0.653. The van der Waals surface area contributed by atoms with Gasteiger partial charge < -0.3 is 9.84 Å². The summed E-state index contributed by atoms with van der Waals surface area (Å²) in [6.45, 7) is 4.00. The van der Waals surface area contributed by atoms with E-state index < -0.39 is 10.9 Å². The molecule has 132 valence electrons. The van der Waals surface area contributed by atoms with Crippen molar-refractivity contribution in [3.8, 4) is 16.9 Å². The Kier molecular flexibility index (Phi) is 5.75. The third-order valence-electron chi connectivity index (χ3n) is 4.15. The first-order chi connectivity index (χ1) is 12.0. The summed E-state index contributed by atoms with van der Waals surface area (Å²) in [5.74, 6) is -0.776. The van der Waals surface area contributed by atoms with Crippen molar-refractivity contribution < 1.29 is 19.6 Å². The molecule has 0 spiro atoms. The van der Waals surface area contributed by atoms with Crippen LogP contribution < -0.4 is 4.74 Å². The number of nitro groups is 1. The van der Waals surface area contributed by atoms with Crippen LogP contribution in [0, 0.1) is 10.1 Å². The molecule has 2 aromatic rings. The largest absolute Gasteiger partial charge is 0.490 e. The highest BCUT2D eigenvalue weighted by Gasteiger charge is 2.30. The van der Waals surface area contributed by atoms with Gasteiger partial charge in [-0.15, -0.1) is 0 Å². The molecular formula is C19H21NO5. The minimum atomic E-state index is -1.01. The lowest BCUT2D eigenvalue weighted by atomic mass is 9.96. The summed E-state index contributed by atoms with van der Waals surface area (Å²) in [7, 11) is 1.42. The van der Waals surface area contributed by atoms with Crippen molar-refractivity contribution in [2.75, 3.05) is 7.11 Å². The number of nitrogens with zero attached hydrogens (tertiary/aromatic N) is 1. The van der Waals surface area contributed by atoms with E-state index in [9.17, 15) is 14.9 Å². The van der Waals surface area contributed by atoms with Crippen LogP contribution in [0.5, 0.6) is 5.75 Å². The highest BCUT2D eigenvalue weighted by atomic mass is 16.6. The first-order valence-corrected chi connectivity index (χ1v) is 8.23. The molecule has 2 aromatic carbocycles. The predicted octanol–water partition coefficient (Wildman–Crippen LogP) is 4.48. The molecule has 0 amide bonds. The Morgan fingerprint density at radius 2 is 1.84 bits per heavy atom. The third-order valence-corrected chi connectivity index (χ3v) is 4.15. The van der Waals surface area contributed by atoms with E-state index in [1.165, 1.54) is 19.2 Å². The molecule has 6 nitrogen and oxygen atoms in total. The Morgan fingerprint density at radius 1 is 1.20 bits per heavy atom. The van der Waals surface area contributed by atoms with Crippen LogP contribution in [0.4, 0.5) is 5.69 Å². The Labute approximate surface area is 146 Å². The molecule has 0 heterocycles. The van der Waals surface area contributed by atoms with E-state index in [0.717, 1.165) is 24.0 Å².